The molecule has 2 aromatic rings. The minimum Gasteiger partial charge on any atom is -0.396 e. The minimum atomic E-state index is -0.237. The first-order valence-electron chi connectivity index (χ1n) is 6.45. The molecule has 1 atom stereocenters. The second-order valence-electron chi connectivity index (χ2n) is 4.89. The number of nitrogens with zero attached hydrogens (tertiary/aromatic N) is 2. The quantitative estimate of drug-likeness (QED) is 0.774. The summed E-state index contributed by atoms with van der Waals surface area (Å²) in [5, 5.41) is 12.0. The third-order valence-corrected chi connectivity index (χ3v) is 4.23. The van der Waals surface area contributed by atoms with Crippen molar-refractivity contribution in [3.8, 4) is 0 Å². The van der Waals surface area contributed by atoms with Crippen molar-refractivity contribution in [3.63, 3.8) is 0 Å². The summed E-state index contributed by atoms with van der Waals surface area (Å²) in [5.41, 5.74) is 6.89. The molecule has 1 amide bonds. The second-order valence-corrected chi connectivity index (χ2v) is 5.89. The molecule has 0 aliphatic rings. The number of nitrogen functional groups attached to an aromatic ring is 1. The predicted molar refractivity (Wildman–Crippen MR) is 79.6 cm³/mol. The van der Waals surface area contributed by atoms with Crippen molar-refractivity contribution in [2.75, 3.05) is 12.3 Å². The van der Waals surface area contributed by atoms with Crippen molar-refractivity contribution in [1.29, 1.82) is 0 Å². The lowest BCUT2D eigenvalue weighted by Gasteiger charge is -2.21. The number of nitrogens with two attached hydrogens (primary N) is 1. The van der Waals surface area contributed by atoms with E-state index in [1.807, 2.05) is 13.8 Å². The van der Waals surface area contributed by atoms with Gasteiger partial charge in [-0.15, -0.1) is 11.3 Å². The number of carbonyl (C=O) groups excluding carboxylic acids is 1. The average molecular weight is 294 g/mol. The predicted octanol–water partition coefficient (Wildman–Crippen LogP) is 1.41. The number of amides is 1. The van der Waals surface area contributed by atoms with Gasteiger partial charge in [-0.1, -0.05) is 13.8 Å². The molecule has 2 rings (SSSR count). The molecule has 0 radical (unpaired) electrons. The van der Waals surface area contributed by atoms with E-state index in [1.165, 1.54) is 11.3 Å². The molecule has 0 aliphatic carbocycles. The molecule has 7 heteroatoms. The van der Waals surface area contributed by atoms with E-state index in [9.17, 15) is 4.79 Å². The van der Waals surface area contributed by atoms with Crippen molar-refractivity contribution in [1.82, 2.24) is 15.3 Å². The van der Waals surface area contributed by atoms with Gasteiger partial charge in [0.15, 0.2) is 0 Å². The van der Waals surface area contributed by atoms with Gasteiger partial charge in [0.1, 0.15) is 15.2 Å². The summed E-state index contributed by atoms with van der Waals surface area (Å²) in [5.74, 6) is -0.00240. The number of hydrogen-bond acceptors (Lipinski definition) is 6. The molecule has 6 nitrogen and oxygen atoms in total. The van der Waals surface area contributed by atoms with Gasteiger partial charge in [0.05, 0.1) is 5.69 Å². The largest absolute Gasteiger partial charge is 0.396 e. The van der Waals surface area contributed by atoms with Crippen molar-refractivity contribution in [3.05, 3.63) is 17.3 Å². The Bertz CT molecular complexity index is 611. The fourth-order valence-electron chi connectivity index (χ4n) is 1.96. The lowest BCUT2D eigenvalue weighted by molar-refractivity contribution is 0.0921. The van der Waals surface area contributed by atoms with Gasteiger partial charge in [0, 0.05) is 25.0 Å². The van der Waals surface area contributed by atoms with Gasteiger partial charge in [-0.05, 0) is 12.3 Å². The highest BCUT2D eigenvalue weighted by Crippen LogP contribution is 2.30. The van der Waals surface area contributed by atoms with E-state index in [1.54, 1.807) is 12.4 Å². The van der Waals surface area contributed by atoms with Crippen molar-refractivity contribution < 1.29 is 9.90 Å². The molecule has 2 heterocycles. The number of aliphatic hydroxyl groups excluding tert-OH is 1. The highest BCUT2D eigenvalue weighted by Gasteiger charge is 2.22. The summed E-state index contributed by atoms with van der Waals surface area (Å²) < 4.78 is 0. The van der Waals surface area contributed by atoms with Crippen LogP contribution >= 0.6 is 11.3 Å². The average Bonchev–Trinajstić information content (AvgIpc) is 2.76. The van der Waals surface area contributed by atoms with Crippen LogP contribution in [0, 0.1) is 5.92 Å². The van der Waals surface area contributed by atoms with E-state index < -0.39 is 0 Å². The maximum atomic E-state index is 12.3. The molecule has 4 N–H and O–H groups in total. The number of hydrogen-bond donors (Lipinski definition) is 3. The van der Waals surface area contributed by atoms with Crippen LogP contribution in [-0.2, 0) is 0 Å². The fourth-order valence-corrected chi connectivity index (χ4v) is 2.88. The Morgan fingerprint density at radius 1 is 1.45 bits per heavy atom. The Morgan fingerprint density at radius 3 is 2.75 bits per heavy atom. The van der Waals surface area contributed by atoms with E-state index in [-0.39, 0.29) is 24.5 Å². The molecule has 2 aromatic heterocycles. The van der Waals surface area contributed by atoms with E-state index >= 15 is 0 Å². The Hall–Kier alpha value is -1.73. The van der Waals surface area contributed by atoms with Crippen LogP contribution in [0.4, 0.5) is 5.69 Å². The summed E-state index contributed by atoms with van der Waals surface area (Å²) in [4.78, 5) is 21.7. The molecular weight excluding hydrogens is 276 g/mol. The highest BCUT2D eigenvalue weighted by molar-refractivity contribution is 7.21. The molecule has 0 aliphatic heterocycles. The van der Waals surface area contributed by atoms with Gasteiger partial charge in [0.2, 0.25) is 0 Å². The number of rotatable bonds is 5. The van der Waals surface area contributed by atoms with Crippen molar-refractivity contribution in [2.24, 2.45) is 5.92 Å². The van der Waals surface area contributed by atoms with Crippen LogP contribution in [0.15, 0.2) is 12.4 Å². The van der Waals surface area contributed by atoms with Crippen LogP contribution in [0.25, 0.3) is 10.3 Å². The van der Waals surface area contributed by atoms with Gasteiger partial charge in [-0.25, -0.2) is 9.97 Å². The molecule has 108 valence electrons. The SMILES string of the molecule is CC(C)C(CCO)NC(=O)c1sc2nccnc2c1N. The molecule has 0 saturated carbocycles. The maximum Gasteiger partial charge on any atom is 0.263 e. The van der Waals surface area contributed by atoms with Gasteiger partial charge in [-0.2, -0.15) is 0 Å². The zero-order chi connectivity index (χ0) is 14.7. The number of carbonyl (C=O) groups is 1. The Balaban J connectivity index is 2.24. The summed E-state index contributed by atoms with van der Waals surface area (Å²) in [6.07, 6.45) is 3.64. The molecule has 0 aromatic carbocycles. The topological polar surface area (TPSA) is 101 Å². The van der Waals surface area contributed by atoms with Crippen LogP contribution in [0.3, 0.4) is 0 Å². The van der Waals surface area contributed by atoms with E-state index in [4.69, 9.17) is 10.8 Å². The third kappa shape index (κ3) is 2.88. The first-order valence-corrected chi connectivity index (χ1v) is 7.27. The summed E-state index contributed by atoms with van der Waals surface area (Å²) in [7, 11) is 0. The lowest BCUT2D eigenvalue weighted by Crippen LogP contribution is -2.39. The number of nitrogens with one attached hydrogen (secondary N) is 1. The maximum absolute atomic E-state index is 12.3. The number of aromatic nitrogens is 2. The van der Waals surface area contributed by atoms with Crippen LogP contribution in [0.2, 0.25) is 0 Å². The van der Waals surface area contributed by atoms with E-state index in [0.29, 0.717) is 27.3 Å². The van der Waals surface area contributed by atoms with Crippen LogP contribution in [0.5, 0.6) is 0 Å². The van der Waals surface area contributed by atoms with E-state index in [2.05, 4.69) is 15.3 Å². The standard InChI is InChI=1S/C13H18N4O2S/c1-7(2)8(3-6-18)17-12(19)11-9(14)10-13(20-11)16-5-4-15-10/h4-5,7-8,18H,3,6,14H2,1-2H3,(H,17,19). The number of anilines is 1. The van der Waals surface area contributed by atoms with Crippen LogP contribution in [-0.4, -0.2) is 33.6 Å². The Kier molecular flexibility index (Phi) is 4.51. The molecule has 20 heavy (non-hydrogen) atoms. The first-order chi connectivity index (χ1) is 9.54. The summed E-state index contributed by atoms with van der Waals surface area (Å²) >= 11 is 1.23. The lowest BCUT2D eigenvalue weighted by atomic mass is 10.0. The molecule has 0 bridgehead atoms. The number of fused-ring (bicyclic) bond motifs is 1. The van der Waals surface area contributed by atoms with Gasteiger partial charge < -0.3 is 16.2 Å². The van der Waals surface area contributed by atoms with E-state index in [0.717, 1.165) is 0 Å². The first kappa shape index (κ1) is 14.7. The fraction of sp³-hybridized carbons (Fsp3) is 0.462. The summed E-state index contributed by atoms with van der Waals surface area (Å²) in [6, 6.07) is -0.0852. The van der Waals surface area contributed by atoms with Gasteiger partial charge in [0.25, 0.3) is 5.91 Å². The second kappa shape index (κ2) is 6.15. The minimum absolute atomic E-state index is 0.0358. The Labute approximate surface area is 121 Å². The van der Waals surface area contributed by atoms with Crippen molar-refractivity contribution >= 4 is 33.3 Å². The van der Waals surface area contributed by atoms with Crippen LogP contribution < -0.4 is 11.1 Å². The van der Waals surface area contributed by atoms with Crippen LogP contribution in [0.1, 0.15) is 29.9 Å². The monoisotopic (exact) mass is 294 g/mol. The zero-order valence-electron chi connectivity index (χ0n) is 11.5. The van der Waals surface area contributed by atoms with Crippen molar-refractivity contribution in [2.45, 2.75) is 26.3 Å². The highest BCUT2D eigenvalue weighted by atomic mass is 32.1. The third-order valence-electron chi connectivity index (χ3n) is 3.13. The normalized spacial score (nSPS) is 12.8. The zero-order valence-corrected chi connectivity index (χ0v) is 12.3. The molecular formula is C13H18N4O2S. The number of thiophene rings is 1. The molecule has 0 fully saturated rings. The molecule has 0 spiro atoms. The number of aliphatic hydroxyl groups is 1. The molecule has 0 saturated heterocycles. The summed E-state index contributed by atoms with van der Waals surface area (Å²) in [6.45, 7) is 4.03. The smallest absolute Gasteiger partial charge is 0.263 e. The Morgan fingerprint density at radius 2 is 2.15 bits per heavy atom. The molecule has 1 unspecified atom stereocenters. The van der Waals surface area contributed by atoms with Gasteiger partial charge in [-0.3, -0.25) is 4.79 Å². The van der Waals surface area contributed by atoms with Gasteiger partial charge >= 0.3 is 0 Å².